The van der Waals surface area contributed by atoms with E-state index in [4.69, 9.17) is 0 Å². The van der Waals surface area contributed by atoms with E-state index in [1.165, 1.54) is 17.0 Å². The van der Waals surface area contributed by atoms with Crippen molar-refractivity contribution in [2.75, 3.05) is 11.9 Å². The number of carbonyl (C=O) groups excluding carboxylic acids is 3. The molecular weight excluding hydrogens is 374 g/mol. The van der Waals surface area contributed by atoms with Gasteiger partial charge in [-0.3, -0.25) is 29.4 Å². The SMILES string of the molecule is Cc1ccc([N+](=O)[O-])cc1NC(=O)CCCCCN1C(=O)c2ccccc2C1=O. The Morgan fingerprint density at radius 2 is 1.69 bits per heavy atom. The van der Waals surface area contributed by atoms with E-state index in [0.717, 1.165) is 5.56 Å². The van der Waals surface area contributed by atoms with Gasteiger partial charge >= 0.3 is 0 Å². The van der Waals surface area contributed by atoms with Crippen molar-refractivity contribution in [3.63, 3.8) is 0 Å². The normalized spacial score (nSPS) is 12.8. The summed E-state index contributed by atoms with van der Waals surface area (Å²) in [6.07, 6.45) is 2.12. The first-order valence-electron chi connectivity index (χ1n) is 9.38. The van der Waals surface area contributed by atoms with Crippen LogP contribution in [-0.4, -0.2) is 34.1 Å². The molecular formula is C21H21N3O5. The largest absolute Gasteiger partial charge is 0.326 e. The molecule has 2 aromatic carbocycles. The van der Waals surface area contributed by atoms with Gasteiger partial charge in [-0.1, -0.05) is 24.6 Å². The maximum Gasteiger partial charge on any atom is 0.271 e. The molecule has 0 atom stereocenters. The molecule has 1 aliphatic heterocycles. The lowest BCUT2D eigenvalue weighted by Gasteiger charge is -2.13. The lowest BCUT2D eigenvalue weighted by molar-refractivity contribution is -0.384. The Balaban J connectivity index is 1.43. The van der Waals surface area contributed by atoms with E-state index in [-0.39, 0.29) is 29.8 Å². The first-order chi connectivity index (χ1) is 13.9. The average molecular weight is 395 g/mol. The molecule has 150 valence electrons. The Bertz CT molecular complexity index is 951. The molecule has 0 bridgehead atoms. The maximum absolute atomic E-state index is 12.3. The van der Waals surface area contributed by atoms with E-state index in [9.17, 15) is 24.5 Å². The Labute approximate surface area is 167 Å². The summed E-state index contributed by atoms with van der Waals surface area (Å²) < 4.78 is 0. The zero-order valence-corrected chi connectivity index (χ0v) is 16.0. The highest BCUT2D eigenvalue weighted by molar-refractivity contribution is 6.21. The fraction of sp³-hybridized carbons (Fsp3) is 0.286. The van der Waals surface area contributed by atoms with Gasteiger partial charge < -0.3 is 5.32 Å². The summed E-state index contributed by atoms with van der Waals surface area (Å²) >= 11 is 0. The van der Waals surface area contributed by atoms with Gasteiger partial charge in [0.2, 0.25) is 5.91 Å². The van der Waals surface area contributed by atoms with Gasteiger partial charge in [-0.05, 0) is 37.5 Å². The number of aryl methyl sites for hydroxylation is 1. The number of rotatable bonds is 8. The summed E-state index contributed by atoms with van der Waals surface area (Å²) in [6, 6.07) is 11.1. The van der Waals surface area contributed by atoms with E-state index in [1.807, 2.05) is 0 Å². The molecule has 3 rings (SSSR count). The van der Waals surface area contributed by atoms with Gasteiger partial charge in [0, 0.05) is 25.1 Å². The molecule has 0 saturated heterocycles. The van der Waals surface area contributed by atoms with E-state index in [0.29, 0.717) is 42.6 Å². The van der Waals surface area contributed by atoms with Crippen LogP contribution in [0.5, 0.6) is 0 Å². The highest BCUT2D eigenvalue weighted by Crippen LogP contribution is 2.24. The van der Waals surface area contributed by atoms with Crippen LogP contribution in [0.25, 0.3) is 0 Å². The van der Waals surface area contributed by atoms with Gasteiger partial charge in [0.1, 0.15) is 0 Å². The Morgan fingerprint density at radius 1 is 1.03 bits per heavy atom. The first-order valence-corrected chi connectivity index (χ1v) is 9.38. The molecule has 8 nitrogen and oxygen atoms in total. The van der Waals surface area contributed by atoms with Crippen LogP contribution in [0, 0.1) is 17.0 Å². The van der Waals surface area contributed by atoms with Crippen molar-refractivity contribution in [3.05, 3.63) is 69.3 Å². The predicted molar refractivity (Wildman–Crippen MR) is 107 cm³/mol. The summed E-state index contributed by atoms with van der Waals surface area (Å²) in [5, 5.41) is 13.6. The van der Waals surface area contributed by atoms with Crippen molar-refractivity contribution in [2.24, 2.45) is 0 Å². The molecule has 8 heteroatoms. The Hall–Kier alpha value is -3.55. The second-order valence-electron chi connectivity index (χ2n) is 6.92. The van der Waals surface area contributed by atoms with Crippen LogP contribution >= 0.6 is 0 Å². The number of nitrogens with one attached hydrogen (secondary N) is 1. The number of nitro groups is 1. The Kier molecular flexibility index (Phi) is 6.01. The summed E-state index contributed by atoms with van der Waals surface area (Å²) in [6.45, 7) is 2.08. The quantitative estimate of drug-likeness (QED) is 0.317. The molecule has 0 fully saturated rings. The first kappa shape index (κ1) is 20.2. The smallest absolute Gasteiger partial charge is 0.271 e. The number of hydrogen-bond donors (Lipinski definition) is 1. The molecule has 1 N–H and O–H groups in total. The molecule has 0 unspecified atom stereocenters. The molecule has 0 radical (unpaired) electrons. The molecule has 2 aromatic rings. The number of benzene rings is 2. The molecule has 29 heavy (non-hydrogen) atoms. The van der Waals surface area contributed by atoms with Crippen LogP contribution in [0.4, 0.5) is 11.4 Å². The fourth-order valence-corrected chi connectivity index (χ4v) is 3.25. The van der Waals surface area contributed by atoms with Crippen LogP contribution in [0.1, 0.15) is 52.0 Å². The number of carbonyl (C=O) groups is 3. The number of unbranched alkanes of at least 4 members (excludes halogenated alkanes) is 2. The van der Waals surface area contributed by atoms with Crippen molar-refractivity contribution in [3.8, 4) is 0 Å². The zero-order valence-electron chi connectivity index (χ0n) is 16.0. The van der Waals surface area contributed by atoms with Crippen molar-refractivity contribution >= 4 is 29.1 Å². The summed E-state index contributed by atoms with van der Waals surface area (Å²) in [5.74, 6) is -0.775. The number of hydrogen-bond acceptors (Lipinski definition) is 5. The second-order valence-corrected chi connectivity index (χ2v) is 6.92. The second kappa shape index (κ2) is 8.64. The van der Waals surface area contributed by atoms with Gasteiger partial charge in [-0.25, -0.2) is 0 Å². The number of amides is 3. The number of imide groups is 1. The van der Waals surface area contributed by atoms with Crippen LogP contribution in [0.3, 0.4) is 0 Å². The van der Waals surface area contributed by atoms with Gasteiger partial charge in [-0.15, -0.1) is 0 Å². The maximum atomic E-state index is 12.3. The molecule has 0 aliphatic carbocycles. The summed E-state index contributed by atoms with van der Waals surface area (Å²) in [4.78, 5) is 48.3. The lowest BCUT2D eigenvalue weighted by atomic mass is 10.1. The van der Waals surface area contributed by atoms with Crippen LogP contribution in [0.2, 0.25) is 0 Å². The van der Waals surface area contributed by atoms with Crippen LogP contribution < -0.4 is 5.32 Å². The van der Waals surface area contributed by atoms with Crippen molar-refractivity contribution in [1.29, 1.82) is 0 Å². The van der Waals surface area contributed by atoms with E-state index >= 15 is 0 Å². The van der Waals surface area contributed by atoms with Gasteiger partial charge in [-0.2, -0.15) is 0 Å². The standard InChI is InChI=1S/C21H21N3O5/c1-14-10-11-15(24(28)29)13-18(14)22-19(25)9-3-2-6-12-23-20(26)16-7-4-5-8-17(16)21(23)27/h4-5,7-8,10-11,13H,2-3,6,9,12H2,1H3,(H,22,25). The van der Waals surface area contributed by atoms with Crippen molar-refractivity contribution < 1.29 is 19.3 Å². The molecule has 1 heterocycles. The van der Waals surface area contributed by atoms with Crippen molar-refractivity contribution in [2.45, 2.75) is 32.6 Å². The molecule has 0 spiro atoms. The topological polar surface area (TPSA) is 110 Å². The molecule has 0 saturated carbocycles. The molecule has 1 aliphatic rings. The van der Waals surface area contributed by atoms with Gasteiger partial charge in [0.05, 0.1) is 21.7 Å². The lowest BCUT2D eigenvalue weighted by Crippen LogP contribution is -2.30. The zero-order chi connectivity index (χ0) is 21.0. The average Bonchev–Trinajstić information content (AvgIpc) is 2.94. The minimum Gasteiger partial charge on any atom is -0.326 e. The summed E-state index contributed by atoms with van der Waals surface area (Å²) in [7, 11) is 0. The minimum absolute atomic E-state index is 0.0770. The van der Waals surface area contributed by atoms with Crippen LogP contribution in [-0.2, 0) is 4.79 Å². The van der Waals surface area contributed by atoms with E-state index in [1.54, 1.807) is 37.3 Å². The number of nitrogens with zero attached hydrogens (tertiary/aromatic N) is 2. The number of fused-ring (bicyclic) bond motifs is 1. The fourth-order valence-electron chi connectivity index (χ4n) is 3.25. The molecule has 3 amide bonds. The minimum atomic E-state index is -0.506. The van der Waals surface area contributed by atoms with Gasteiger partial charge in [0.15, 0.2) is 0 Å². The number of anilines is 1. The van der Waals surface area contributed by atoms with Gasteiger partial charge in [0.25, 0.3) is 17.5 Å². The summed E-state index contributed by atoms with van der Waals surface area (Å²) in [5.41, 5.74) is 1.96. The van der Waals surface area contributed by atoms with E-state index < -0.39 is 4.92 Å². The predicted octanol–water partition coefficient (Wildman–Crippen LogP) is 3.70. The monoisotopic (exact) mass is 395 g/mol. The third kappa shape index (κ3) is 4.48. The third-order valence-electron chi connectivity index (χ3n) is 4.87. The highest BCUT2D eigenvalue weighted by atomic mass is 16.6. The number of nitro benzene ring substituents is 1. The number of non-ortho nitro benzene ring substituents is 1. The van der Waals surface area contributed by atoms with Crippen molar-refractivity contribution in [1.82, 2.24) is 4.90 Å². The Morgan fingerprint density at radius 3 is 2.31 bits per heavy atom. The van der Waals surface area contributed by atoms with E-state index in [2.05, 4.69) is 5.32 Å². The highest BCUT2D eigenvalue weighted by Gasteiger charge is 2.34. The molecule has 0 aromatic heterocycles. The van der Waals surface area contributed by atoms with Crippen LogP contribution in [0.15, 0.2) is 42.5 Å². The third-order valence-corrected chi connectivity index (χ3v) is 4.87.